The smallest absolute Gasteiger partial charge is 0.320 e. The first-order valence-electron chi connectivity index (χ1n) is 8.41. The van der Waals surface area contributed by atoms with Crippen molar-refractivity contribution in [3.05, 3.63) is 86.2 Å². The number of rotatable bonds is 5. The van der Waals surface area contributed by atoms with Crippen LogP contribution in [0.4, 0.5) is 5.69 Å². The second-order valence-corrected chi connectivity index (χ2v) is 6.57. The molecule has 0 fully saturated rings. The van der Waals surface area contributed by atoms with Crippen LogP contribution in [0.2, 0.25) is 5.02 Å². The molecule has 0 unspecified atom stereocenters. The van der Waals surface area contributed by atoms with Crippen molar-refractivity contribution in [3.63, 3.8) is 0 Å². The minimum absolute atomic E-state index is 0.304. The normalized spacial score (nSPS) is 10.5. The summed E-state index contributed by atoms with van der Waals surface area (Å²) in [7, 11) is 1.50. The Morgan fingerprint density at radius 1 is 1.11 bits per heavy atom. The Kier molecular flexibility index (Phi) is 5.65. The summed E-state index contributed by atoms with van der Waals surface area (Å²) in [6, 6.07) is 11.9. The quantitative estimate of drug-likeness (QED) is 0.668. The van der Waals surface area contributed by atoms with Crippen LogP contribution < -0.4 is 21.2 Å². The standard InChI is InChI=1S/C20H18ClN3O4/c1-13-6-7-17(28-2)16(10-13)22-18(25)12-23-8-9-24(20(27)19(23)26)15-5-3-4-14(21)11-15/h3-11H,12H2,1-2H3,(H,22,25). The molecular formula is C20H18ClN3O4. The number of carbonyl (C=O) groups is 1. The molecule has 0 atom stereocenters. The molecule has 0 bridgehead atoms. The Morgan fingerprint density at radius 2 is 1.89 bits per heavy atom. The average molecular weight is 400 g/mol. The fraction of sp³-hybridized carbons (Fsp3) is 0.150. The summed E-state index contributed by atoms with van der Waals surface area (Å²) >= 11 is 5.94. The van der Waals surface area contributed by atoms with Gasteiger partial charge in [-0.15, -0.1) is 0 Å². The number of carbonyl (C=O) groups excluding carboxylic acids is 1. The van der Waals surface area contributed by atoms with E-state index in [1.54, 1.807) is 36.4 Å². The molecule has 28 heavy (non-hydrogen) atoms. The molecule has 1 amide bonds. The van der Waals surface area contributed by atoms with Crippen LogP contribution >= 0.6 is 11.6 Å². The zero-order chi connectivity index (χ0) is 20.3. The first-order valence-corrected chi connectivity index (χ1v) is 8.79. The van der Waals surface area contributed by atoms with Crippen molar-refractivity contribution in [3.8, 4) is 11.4 Å². The van der Waals surface area contributed by atoms with Crippen molar-refractivity contribution in [2.24, 2.45) is 0 Å². The third-order valence-corrected chi connectivity index (χ3v) is 4.32. The predicted octanol–water partition coefficient (Wildman–Crippen LogP) is 2.61. The third-order valence-electron chi connectivity index (χ3n) is 4.09. The molecule has 1 heterocycles. The lowest BCUT2D eigenvalue weighted by molar-refractivity contribution is -0.116. The molecule has 3 aromatic rings. The maximum atomic E-state index is 12.4. The monoisotopic (exact) mass is 399 g/mol. The van der Waals surface area contributed by atoms with E-state index in [0.717, 1.165) is 10.1 Å². The fourth-order valence-corrected chi connectivity index (χ4v) is 2.91. The number of aryl methyl sites for hydroxylation is 1. The molecule has 8 heteroatoms. The lowest BCUT2D eigenvalue weighted by Crippen LogP contribution is -2.41. The number of nitrogens with zero attached hydrogens (tertiary/aromatic N) is 2. The van der Waals surface area contributed by atoms with Gasteiger partial charge in [0.2, 0.25) is 5.91 Å². The second-order valence-electron chi connectivity index (χ2n) is 6.14. The number of amides is 1. The molecule has 1 N–H and O–H groups in total. The van der Waals surface area contributed by atoms with Gasteiger partial charge in [-0.3, -0.25) is 23.5 Å². The van der Waals surface area contributed by atoms with Crippen molar-refractivity contribution in [1.82, 2.24) is 9.13 Å². The van der Waals surface area contributed by atoms with Crippen molar-refractivity contribution >= 4 is 23.2 Å². The van der Waals surface area contributed by atoms with Crippen molar-refractivity contribution in [1.29, 1.82) is 0 Å². The number of nitrogens with one attached hydrogen (secondary N) is 1. The lowest BCUT2D eigenvalue weighted by atomic mass is 10.2. The maximum Gasteiger partial charge on any atom is 0.320 e. The van der Waals surface area contributed by atoms with Crippen molar-refractivity contribution in [2.75, 3.05) is 12.4 Å². The highest BCUT2D eigenvalue weighted by atomic mass is 35.5. The molecule has 1 aromatic heterocycles. The summed E-state index contributed by atoms with van der Waals surface area (Å²) in [6.45, 7) is 1.58. The average Bonchev–Trinajstić information content (AvgIpc) is 2.66. The highest BCUT2D eigenvalue weighted by Gasteiger charge is 2.12. The highest BCUT2D eigenvalue weighted by Crippen LogP contribution is 2.25. The number of halogens is 1. The van der Waals surface area contributed by atoms with Crippen LogP contribution in [0.15, 0.2) is 64.4 Å². The highest BCUT2D eigenvalue weighted by molar-refractivity contribution is 6.30. The van der Waals surface area contributed by atoms with Gasteiger partial charge in [-0.25, -0.2) is 0 Å². The Morgan fingerprint density at radius 3 is 2.61 bits per heavy atom. The summed E-state index contributed by atoms with van der Waals surface area (Å²) in [5.41, 5.74) is 0.320. The van der Waals surface area contributed by atoms with E-state index >= 15 is 0 Å². The van der Waals surface area contributed by atoms with Crippen LogP contribution in [0.3, 0.4) is 0 Å². The van der Waals surface area contributed by atoms with Gasteiger partial charge in [0.1, 0.15) is 12.3 Å². The van der Waals surface area contributed by atoms with E-state index in [2.05, 4.69) is 5.32 Å². The van der Waals surface area contributed by atoms with E-state index in [4.69, 9.17) is 16.3 Å². The first kappa shape index (κ1) is 19.4. The van der Waals surface area contributed by atoms with Crippen LogP contribution in [0.1, 0.15) is 5.56 Å². The summed E-state index contributed by atoms with van der Waals surface area (Å²) < 4.78 is 7.46. The van der Waals surface area contributed by atoms with E-state index in [1.165, 1.54) is 24.1 Å². The van der Waals surface area contributed by atoms with Crippen LogP contribution in [-0.4, -0.2) is 22.2 Å². The summed E-state index contributed by atoms with van der Waals surface area (Å²) in [4.78, 5) is 37.2. The van der Waals surface area contributed by atoms with E-state index in [-0.39, 0.29) is 6.54 Å². The number of anilines is 1. The first-order chi connectivity index (χ1) is 13.4. The Labute approximate surface area is 165 Å². The van der Waals surface area contributed by atoms with E-state index in [9.17, 15) is 14.4 Å². The molecule has 0 saturated heterocycles. The van der Waals surface area contributed by atoms with E-state index in [1.807, 2.05) is 13.0 Å². The third kappa shape index (κ3) is 4.15. The Balaban J connectivity index is 1.85. The molecule has 0 spiro atoms. The number of ether oxygens (including phenoxy) is 1. The van der Waals surface area contributed by atoms with Gasteiger partial charge >= 0.3 is 11.1 Å². The van der Waals surface area contributed by atoms with Crippen molar-refractivity contribution in [2.45, 2.75) is 13.5 Å². The largest absolute Gasteiger partial charge is 0.495 e. The van der Waals surface area contributed by atoms with Gasteiger partial charge in [0, 0.05) is 17.4 Å². The topological polar surface area (TPSA) is 82.3 Å². The minimum atomic E-state index is -0.811. The van der Waals surface area contributed by atoms with Gasteiger partial charge in [0.15, 0.2) is 0 Å². The zero-order valence-corrected chi connectivity index (χ0v) is 16.1. The second kappa shape index (κ2) is 8.14. The molecule has 0 saturated carbocycles. The molecule has 0 aliphatic rings. The number of hydrogen-bond acceptors (Lipinski definition) is 4. The van der Waals surface area contributed by atoms with Gasteiger partial charge in [-0.05, 0) is 42.8 Å². The van der Waals surface area contributed by atoms with Crippen LogP contribution in [-0.2, 0) is 11.3 Å². The Hall–Kier alpha value is -3.32. The number of benzene rings is 2. The van der Waals surface area contributed by atoms with Crippen molar-refractivity contribution < 1.29 is 9.53 Å². The van der Waals surface area contributed by atoms with Crippen LogP contribution in [0.5, 0.6) is 5.75 Å². The molecule has 7 nitrogen and oxygen atoms in total. The van der Waals surface area contributed by atoms with Gasteiger partial charge in [-0.2, -0.15) is 0 Å². The van der Waals surface area contributed by atoms with Crippen LogP contribution in [0.25, 0.3) is 5.69 Å². The SMILES string of the molecule is COc1ccc(C)cc1NC(=O)Cn1ccn(-c2cccc(Cl)c2)c(=O)c1=O. The molecule has 144 valence electrons. The molecule has 0 aliphatic carbocycles. The lowest BCUT2D eigenvalue weighted by Gasteiger charge is -2.12. The molecule has 3 rings (SSSR count). The van der Waals surface area contributed by atoms with Gasteiger partial charge < -0.3 is 10.1 Å². The summed E-state index contributed by atoms with van der Waals surface area (Å²) in [5, 5.41) is 3.15. The number of methoxy groups -OCH3 is 1. The minimum Gasteiger partial charge on any atom is -0.495 e. The van der Waals surface area contributed by atoms with E-state index < -0.39 is 17.0 Å². The molecule has 2 aromatic carbocycles. The fourth-order valence-electron chi connectivity index (χ4n) is 2.73. The van der Waals surface area contributed by atoms with E-state index in [0.29, 0.717) is 22.1 Å². The summed E-state index contributed by atoms with van der Waals surface area (Å²) in [5.74, 6) is 0.0496. The Bertz CT molecular complexity index is 1150. The number of aromatic nitrogens is 2. The molecule has 0 aliphatic heterocycles. The summed E-state index contributed by atoms with van der Waals surface area (Å²) in [6.07, 6.45) is 2.81. The maximum absolute atomic E-state index is 12.4. The van der Waals surface area contributed by atoms with Gasteiger partial charge in [0.25, 0.3) is 0 Å². The predicted molar refractivity (Wildman–Crippen MR) is 108 cm³/mol. The molecular weight excluding hydrogens is 382 g/mol. The zero-order valence-electron chi connectivity index (χ0n) is 15.3. The van der Waals surface area contributed by atoms with Gasteiger partial charge in [0.05, 0.1) is 18.5 Å². The van der Waals surface area contributed by atoms with Crippen LogP contribution in [0, 0.1) is 6.92 Å². The number of hydrogen-bond donors (Lipinski definition) is 1. The molecule has 0 radical (unpaired) electrons. The van der Waals surface area contributed by atoms with Gasteiger partial charge in [-0.1, -0.05) is 23.7 Å².